The summed E-state index contributed by atoms with van der Waals surface area (Å²) >= 11 is 0. The molecule has 0 fully saturated rings. The molecule has 2 aromatic heterocycles. The number of hydrogen-bond acceptors (Lipinski definition) is 2. The Balaban J connectivity index is 1.77. The molecule has 2 heterocycles. The number of para-hydroxylation sites is 2. The van der Waals surface area contributed by atoms with Crippen molar-refractivity contribution in [3.05, 3.63) is 97.1 Å². The zero-order valence-corrected chi connectivity index (χ0v) is 16.6. The van der Waals surface area contributed by atoms with Crippen LogP contribution in [0.25, 0.3) is 49.9 Å². The van der Waals surface area contributed by atoms with E-state index in [9.17, 15) is 0 Å². The summed E-state index contributed by atoms with van der Waals surface area (Å²) in [6.07, 6.45) is 0. The molecular formula is C26H18BN3. The van der Waals surface area contributed by atoms with E-state index in [0.29, 0.717) is 5.95 Å². The van der Waals surface area contributed by atoms with E-state index < -0.39 is 0 Å². The lowest BCUT2D eigenvalue weighted by atomic mass is 9.91. The fourth-order valence-electron chi connectivity index (χ4n) is 4.39. The Labute approximate surface area is 175 Å². The summed E-state index contributed by atoms with van der Waals surface area (Å²) in [4.78, 5) is 10.1. The standard InChI is InChI=1S/C26H18BN3/c27-20-13-8-16-23-24(20)19-12-5-7-15-22(19)30(23)26-28-21-14-6-4-11-18(21)25(29-26)17-9-2-1-3-10-17/h1-16H,27H2. The first-order valence-corrected chi connectivity index (χ1v) is 10.1. The predicted octanol–water partition coefficient (Wildman–Crippen LogP) is 4.65. The summed E-state index contributed by atoms with van der Waals surface area (Å²) < 4.78 is 2.19. The number of rotatable bonds is 2. The first-order chi connectivity index (χ1) is 14.8. The van der Waals surface area contributed by atoms with Crippen LogP contribution in [0.5, 0.6) is 0 Å². The summed E-state index contributed by atoms with van der Waals surface area (Å²) in [6, 6.07) is 33.5. The maximum Gasteiger partial charge on any atom is 0.235 e. The zero-order valence-electron chi connectivity index (χ0n) is 16.6. The van der Waals surface area contributed by atoms with Crippen molar-refractivity contribution >= 4 is 46.0 Å². The summed E-state index contributed by atoms with van der Waals surface area (Å²) in [5.74, 6) is 0.698. The van der Waals surface area contributed by atoms with Crippen LogP contribution in [-0.2, 0) is 0 Å². The van der Waals surface area contributed by atoms with Gasteiger partial charge in [-0.05, 0) is 18.2 Å². The van der Waals surface area contributed by atoms with Crippen molar-refractivity contribution in [1.82, 2.24) is 14.5 Å². The molecule has 0 N–H and O–H groups in total. The van der Waals surface area contributed by atoms with E-state index in [1.807, 2.05) is 18.2 Å². The molecule has 4 aromatic carbocycles. The number of nitrogens with zero attached hydrogens (tertiary/aromatic N) is 3. The smallest absolute Gasteiger partial charge is 0.235 e. The van der Waals surface area contributed by atoms with Crippen molar-refractivity contribution < 1.29 is 0 Å². The average molecular weight is 383 g/mol. The van der Waals surface area contributed by atoms with Gasteiger partial charge in [0.05, 0.1) is 22.2 Å². The van der Waals surface area contributed by atoms with Gasteiger partial charge in [-0.25, -0.2) is 9.97 Å². The maximum absolute atomic E-state index is 5.10. The third-order valence-electron chi connectivity index (χ3n) is 5.74. The Morgan fingerprint density at radius 2 is 1.30 bits per heavy atom. The molecule has 4 heteroatoms. The summed E-state index contributed by atoms with van der Waals surface area (Å²) in [5, 5.41) is 3.54. The van der Waals surface area contributed by atoms with Crippen LogP contribution in [0.15, 0.2) is 97.1 Å². The lowest BCUT2D eigenvalue weighted by Gasteiger charge is -2.11. The number of hydrogen-bond donors (Lipinski definition) is 0. The molecule has 30 heavy (non-hydrogen) atoms. The van der Waals surface area contributed by atoms with Gasteiger partial charge in [0.25, 0.3) is 0 Å². The van der Waals surface area contributed by atoms with Gasteiger partial charge in [-0.2, -0.15) is 0 Å². The van der Waals surface area contributed by atoms with E-state index in [1.165, 1.54) is 16.2 Å². The first-order valence-electron chi connectivity index (χ1n) is 10.1. The lowest BCUT2D eigenvalue weighted by molar-refractivity contribution is 1.01. The normalized spacial score (nSPS) is 11.5. The summed E-state index contributed by atoms with van der Waals surface area (Å²) in [7, 11) is 2.16. The maximum atomic E-state index is 5.10. The highest BCUT2D eigenvalue weighted by Gasteiger charge is 2.17. The molecule has 0 atom stereocenters. The molecule has 3 nitrogen and oxygen atoms in total. The molecule has 0 bridgehead atoms. The Kier molecular flexibility index (Phi) is 3.72. The number of fused-ring (bicyclic) bond motifs is 4. The molecule has 6 rings (SSSR count). The van der Waals surface area contributed by atoms with E-state index in [2.05, 4.69) is 91.3 Å². The highest BCUT2D eigenvalue weighted by atomic mass is 15.2. The highest BCUT2D eigenvalue weighted by molar-refractivity contribution is 6.41. The largest absolute Gasteiger partial charge is 0.278 e. The molecule has 6 aromatic rings. The quantitative estimate of drug-likeness (QED) is 0.408. The van der Waals surface area contributed by atoms with Crippen LogP contribution in [0, 0.1) is 0 Å². The Hall–Kier alpha value is -3.92. The van der Waals surface area contributed by atoms with Gasteiger partial charge in [0, 0.05) is 21.7 Å². The van der Waals surface area contributed by atoms with Gasteiger partial charge >= 0.3 is 0 Å². The SMILES string of the molecule is Bc1cccc2c1c1ccccc1n2-c1nc(-c2ccccc2)c2ccccc2n1. The molecule has 0 spiro atoms. The van der Waals surface area contributed by atoms with Crippen molar-refractivity contribution in [3.63, 3.8) is 0 Å². The van der Waals surface area contributed by atoms with Crippen LogP contribution >= 0.6 is 0 Å². The van der Waals surface area contributed by atoms with Gasteiger partial charge in [-0.1, -0.05) is 84.3 Å². The molecule has 0 aliphatic carbocycles. The van der Waals surface area contributed by atoms with Gasteiger partial charge < -0.3 is 0 Å². The molecule has 0 unspecified atom stereocenters. The van der Waals surface area contributed by atoms with E-state index in [0.717, 1.165) is 33.2 Å². The lowest BCUT2D eigenvalue weighted by Crippen LogP contribution is -2.05. The second-order valence-electron chi connectivity index (χ2n) is 7.58. The van der Waals surface area contributed by atoms with Crippen LogP contribution in [0.4, 0.5) is 0 Å². The topological polar surface area (TPSA) is 30.7 Å². The minimum Gasteiger partial charge on any atom is -0.278 e. The first kappa shape index (κ1) is 17.0. The minimum absolute atomic E-state index is 0.698. The van der Waals surface area contributed by atoms with Crippen LogP contribution in [0.1, 0.15) is 0 Å². The second kappa shape index (κ2) is 6.56. The molecular weight excluding hydrogens is 365 g/mol. The molecule has 0 saturated heterocycles. The fourth-order valence-corrected chi connectivity index (χ4v) is 4.39. The van der Waals surface area contributed by atoms with Gasteiger partial charge in [-0.15, -0.1) is 0 Å². The molecule has 0 radical (unpaired) electrons. The van der Waals surface area contributed by atoms with E-state index >= 15 is 0 Å². The van der Waals surface area contributed by atoms with Gasteiger partial charge in [0.2, 0.25) is 5.95 Å². The van der Waals surface area contributed by atoms with E-state index in [4.69, 9.17) is 9.97 Å². The minimum atomic E-state index is 0.698. The molecule has 140 valence electrons. The fraction of sp³-hybridized carbons (Fsp3) is 0. The third kappa shape index (κ3) is 2.47. The predicted molar refractivity (Wildman–Crippen MR) is 127 cm³/mol. The average Bonchev–Trinajstić information content (AvgIpc) is 3.14. The van der Waals surface area contributed by atoms with Crippen LogP contribution in [-0.4, -0.2) is 22.4 Å². The molecule has 0 aliphatic heterocycles. The van der Waals surface area contributed by atoms with Gasteiger partial charge in [-0.3, -0.25) is 4.57 Å². The third-order valence-corrected chi connectivity index (χ3v) is 5.74. The molecule has 0 aliphatic rings. The summed E-state index contributed by atoms with van der Waals surface area (Å²) in [5.41, 5.74) is 6.50. The second-order valence-corrected chi connectivity index (χ2v) is 7.58. The van der Waals surface area contributed by atoms with E-state index in [-0.39, 0.29) is 0 Å². The van der Waals surface area contributed by atoms with Crippen LogP contribution in [0.3, 0.4) is 0 Å². The van der Waals surface area contributed by atoms with Crippen LogP contribution in [0.2, 0.25) is 0 Å². The van der Waals surface area contributed by atoms with Gasteiger partial charge in [0.15, 0.2) is 0 Å². The molecule has 0 amide bonds. The number of benzene rings is 4. The Morgan fingerprint density at radius 1 is 0.600 bits per heavy atom. The van der Waals surface area contributed by atoms with Gasteiger partial charge in [0.1, 0.15) is 7.85 Å². The number of aromatic nitrogens is 3. The van der Waals surface area contributed by atoms with Crippen molar-refractivity contribution in [1.29, 1.82) is 0 Å². The van der Waals surface area contributed by atoms with Crippen molar-refractivity contribution in [3.8, 4) is 17.2 Å². The monoisotopic (exact) mass is 383 g/mol. The van der Waals surface area contributed by atoms with Crippen LogP contribution < -0.4 is 5.46 Å². The van der Waals surface area contributed by atoms with E-state index in [1.54, 1.807) is 0 Å². The van der Waals surface area contributed by atoms with Crippen molar-refractivity contribution in [2.75, 3.05) is 0 Å². The summed E-state index contributed by atoms with van der Waals surface area (Å²) in [6.45, 7) is 0. The molecule has 0 saturated carbocycles. The van der Waals surface area contributed by atoms with Crippen molar-refractivity contribution in [2.24, 2.45) is 0 Å². The zero-order chi connectivity index (χ0) is 20.1. The van der Waals surface area contributed by atoms with Crippen molar-refractivity contribution in [2.45, 2.75) is 0 Å². The highest BCUT2D eigenvalue weighted by Crippen LogP contribution is 2.32. The Morgan fingerprint density at radius 3 is 2.17 bits per heavy atom. The Bertz CT molecular complexity index is 1550.